The molecule has 2 heterocycles. The Labute approximate surface area is 252 Å². The van der Waals surface area contributed by atoms with E-state index in [1.165, 1.54) is 24.5 Å². The van der Waals surface area contributed by atoms with E-state index in [0.29, 0.717) is 0 Å². The van der Waals surface area contributed by atoms with E-state index in [4.69, 9.17) is 0 Å². The first kappa shape index (κ1) is 32.8. The molecular formula is C29H32N8O7. The molecule has 3 aromatic rings. The number of pyridine rings is 2. The molecular weight excluding hydrogens is 572 g/mol. The minimum absolute atomic E-state index is 0.0785. The lowest BCUT2D eigenvalue weighted by molar-refractivity contribution is -0.127. The maximum atomic E-state index is 12.3. The summed E-state index contributed by atoms with van der Waals surface area (Å²) in [6.45, 7) is -1.24. The molecule has 3 rings (SSSR count). The first-order valence-corrected chi connectivity index (χ1v) is 13.4. The van der Waals surface area contributed by atoms with Crippen molar-refractivity contribution in [1.29, 1.82) is 0 Å². The van der Waals surface area contributed by atoms with Crippen molar-refractivity contribution in [3.8, 4) is 0 Å². The SMILES string of the molecule is O=C(CNC(=O)CNC(=O)c1ccccn1)NCc1ccc(CNC(=O)CNC(=O)[C@H](CO)NC(=O)c2ccccn2)cc1. The summed E-state index contributed by atoms with van der Waals surface area (Å²) in [7, 11) is 0. The van der Waals surface area contributed by atoms with Gasteiger partial charge >= 0.3 is 0 Å². The van der Waals surface area contributed by atoms with Crippen LogP contribution in [0.4, 0.5) is 0 Å². The second-order valence-electron chi connectivity index (χ2n) is 9.19. The largest absolute Gasteiger partial charge is 0.394 e. The lowest BCUT2D eigenvalue weighted by Crippen LogP contribution is -2.50. The van der Waals surface area contributed by atoms with Crippen LogP contribution < -0.4 is 31.9 Å². The van der Waals surface area contributed by atoms with Crippen LogP contribution in [0, 0.1) is 0 Å². The van der Waals surface area contributed by atoms with Gasteiger partial charge in [-0.15, -0.1) is 0 Å². The van der Waals surface area contributed by atoms with E-state index in [9.17, 15) is 33.9 Å². The van der Waals surface area contributed by atoms with E-state index in [2.05, 4.69) is 41.9 Å². The van der Waals surface area contributed by atoms with Gasteiger partial charge in [0.15, 0.2) is 0 Å². The Kier molecular flexibility index (Phi) is 12.9. The summed E-state index contributed by atoms with van der Waals surface area (Å²) in [5, 5.41) is 24.3. The number of hydrogen-bond donors (Lipinski definition) is 7. The van der Waals surface area contributed by atoms with Crippen LogP contribution >= 0.6 is 0 Å². The highest BCUT2D eigenvalue weighted by Crippen LogP contribution is 2.04. The second-order valence-corrected chi connectivity index (χ2v) is 9.19. The number of nitrogens with one attached hydrogen (secondary N) is 6. The molecule has 15 heteroatoms. The van der Waals surface area contributed by atoms with E-state index in [1.807, 2.05) is 0 Å². The maximum absolute atomic E-state index is 12.3. The van der Waals surface area contributed by atoms with Gasteiger partial charge in [0.25, 0.3) is 11.8 Å². The number of carbonyl (C=O) groups excluding carboxylic acids is 6. The van der Waals surface area contributed by atoms with Gasteiger partial charge in [0.1, 0.15) is 17.4 Å². The van der Waals surface area contributed by atoms with Gasteiger partial charge < -0.3 is 37.0 Å². The Hall–Kier alpha value is -5.70. The standard InChI is InChI=1S/C29H32N8O7/c38-18-23(37-29(44)22-6-2-4-12-31-22)28(43)36-16-25(40)33-14-20-9-7-19(8-10-20)13-32-24(39)15-34-26(41)17-35-27(42)21-5-1-3-11-30-21/h1-12,23,38H,13-18H2,(H,32,39)(H,33,40)(H,34,41)(H,35,42)(H,36,43)(H,37,44)/t23-/m0/s1. The summed E-state index contributed by atoms with van der Waals surface area (Å²) >= 11 is 0. The summed E-state index contributed by atoms with van der Waals surface area (Å²) in [6, 6.07) is 15.3. The average molecular weight is 605 g/mol. The molecule has 0 saturated carbocycles. The molecule has 7 N–H and O–H groups in total. The van der Waals surface area contributed by atoms with Crippen LogP contribution in [-0.4, -0.2) is 82.8 Å². The molecule has 0 aliphatic carbocycles. The molecule has 1 atom stereocenters. The molecule has 0 aliphatic rings. The summed E-state index contributed by atoms with van der Waals surface area (Å²) in [5.41, 5.74) is 1.79. The lowest BCUT2D eigenvalue weighted by atomic mass is 10.1. The normalized spacial score (nSPS) is 10.9. The first-order valence-electron chi connectivity index (χ1n) is 13.4. The van der Waals surface area contributed by atoms with Gasteiger partial charge in [-0.1, -0.05) is 36.4 Å². The molecule has 2 aromatic heterocycles. The topological polar surface area (TPSA) is 221 Å². The molecule has 0 aliphatic heterocycles. The molecule has 0 saturated heterocycles. The molecule has 15 nitrogen and oxygen atoms in total. The number of nitrogens with zero attached hydrogens (tertiary/aromatic N) is 2. The van der Waals surface area contributed by atoms with Crippen molar-refractivity contribution in [3.05, 3.63) is 95.6 Å². The Morgan fingerprint density at radius 1 is 0.591 bits per heavy atom. The van der Waals surface area contributed by atoms with Crippen LogP contribution in [-0.2, 0) is 32.3 Å². The molecule has 0 bridgehead atoms. The predicted molar refractivity (Wildman–Crippen MR) is 155 cm³/mol. The molecule has 44 heavy (non-hydrogen) atoms. The molecule has 230 valence electrons. The summed E-state index contributed by atoms with van der Waals surface area (Å²) in [4.78, 5) is 80.3. The zero-order valence-electron chi connectivity index (χ0n) is 23.5. The first-order chi connectivity index (χ1) is 21.2. The zero-order valence-corrected chi connectivity index (χ0v) is 23.5. The maximum Gasteiger partial charge on any atom is 0.270 e. The second kappa shape index (κ2) is 17.3. The minimum atomic E-state index is -1.26. The number of aliphatic hydroxyl groups is 1. The average Bonchev–Trinajstić information content (AvgIpc) is 3.06. The van der Waals surface area contributed by atoms with Gasteiger partial charge in [0.05, 0.1) is 26.2 Å². The molecule has 0 radical (unpaired) electrons. The van der Waals surface area contributed by atoms with Crippen molar-refractivity contribution in [2.45, 2.75) is 19.1 Å². The Morgan fingerprint density at radius 2 is 1.07 bits per heavy atom. The number of hydrogen-bond acceptors (Lipinski definition) is 9. The van der Waals surface area contributed by atoms with E-state index in [0.717, 1.165) is 11.1 Å². The number of benzene rings is 1. The van der Waals surface area contributed by atoms with Crippen LogP contribution in [0.2, 0.25) is 0 Å². The van der Waals surface area contributed by atoms with Crippen molar-refractivity contribution in [2.75, 3.05) is 26.2 Å². The van der Waals surface area contributed by atoms with Gasteiger partial charge in [-0.25, -0.2) is 0 Å². The Bertz CT molecular complexity index is 1440. The van der Waals surface area contributed by atoms with Crippen molar-refractivity contribution in [3.63, 3.8) is 0 Å². The number of aliphatic hydroxyl groups excluding tert-OH is 1. The van der Waals surface area contributed by atoms with Crippen LogP contribution in [0.5, 0.6) is 0 Å². The van der Waals surface area contributed by atoms with Crippen molar-refractivity contribution in [2.24, 2.45) is 0 Å². The quantitative estimate of drug-likeness (QED) is 0.103. The van der Waals surface area contributed by atoms with Gasteiger partial charge in [0.2, 0.25) is 23.6 Å². The third kappa shape index (κ3) is 11.3. The van der Waals surface area contributed by atoms with Crippen molar-refractivity contribution < 1.29 is 33.9 Å². The zero-order chi connectivity index (χ0) is 31.7. The third-order valence-electron chi connectivity index (χ3n) is 5.88. The lowest BCUT2D eigenvalue weighted by Gasteiger charge is -2.16. The summed E-state index contributed by atoms with van der Waals surface area (Å²) in [6.07, 6.45) is 2.88. The van der Waals surface area contributed by atoms with E-state index in [-0.39, 0.29) is 44.1 Å². The molecule has 1 aromatic carbocycles. The highest BCUT2D eigenvalue weighted by atomic mass is 16.3. The van der Waals surface area contributed by atoms with Crippen LogP contribution in [0.25, 0.3) is 0 Å². The van der Waals surface area contributed by atoms with Gasteiger partial charge in [0, 0.05) is 25.5 Å². The van der Waals surface area contributed by atoms with E-state index >= 15 is 0 Å². The van der Waals surface area contributed by atoms with Crippen LogP contribution in [0.3, 0.4) is 0 Å². The highest BCUT2D eigenvalue weighted by Gasteiger charge is 2.21. The van der Waals surface area contributed by atoms with E-state index in [1.54, 1.807) is 48.5 Å². The summed E-state index contributed by atoms with van der Waals surface area (Å²) in [5.74, 6) is -3.32. The monoisotopic (exact) mass is 604 g/mol. The number of aromatic nitrogens is 2. The van der Waals surface area contributed by atoms with Crippen LogP contribution in [0.15, 0.2) is 73.1 Å². The third-order valence-corrected chi connectivity index (χ3v) is 5.88. The summed E-state index contributed by atoms with van der Waals surface area (Å²) < 4.78 is 0. The smallest absolute Gasteiger partial charge is 0.270 e. The molecule has 0 fully saturated rings. The number of rotatable bonds is 15. The Morgan fingerprint density at radius 3 is 1.57 bits per heavy atom. The fourth-order valence-electron chi connectivity index (χ4n) is 3.50. The van der Waals surface area contributed by atoms with Gasteiger partial charge in [-0.3, -0.25) is 38.7 Å². The number of carbonyl (C=O) groups is 6. The van der Waals surface area contributed by atoms with Crippen molar-refractivity contribution in [1.82, 2.24) is 41.9 Å². The van der Waals surface area contributed by atoms with Crippen molar-refractivity contribution >= 4 is 35.4 Å². The fraction of sp³-hybridized carbons (Fsp3) is 0.241. The fourth-order valence-corrected chi connectivity index (χ4v) is 3.50. The van der Waals surface area contributed by atoms with Gasteiger partial charge in [-0.2, -0.15) is 0 Å². The predicted octanol–water partition coefficient (Wildman–Crippen LogP) is -1.84. The highest BCUT2D eigenvalue weighted by molar-refractivity contribution is 5.97. The number of amides is 6. The molecule has 6 amide bonds. The van der Waals surface area contributed by atoms with E-state index < -0.39 is 48.1 Å². The Balaban J connectivity index is 1.30. The molecule has 0 spiro atoms. The minimum Gasteiger partial charge on any atom is -0.394 e. The van der Waals surface area contributed by atoms with Gasteiger partial charge in [-0.05, 0) is 35.4 Å². The van der Waals surface area contributed by atoms with Crippen LogP contribution in [0.1, 0.15) is 32.1 Å². The molecule has 0 unspecified atom stereocenters.